The highest BCUT2D eigenvalue weighted by atomic mass is 16.5. The van der Waals surface area contributed by atoms with Crippen molar-refractivity contribution in [3.63, 3.8) is 0 Å². The van der Waals surface area contributed by atoms with Gasteiger partial charge in [0.05, 0.1) is 12.8 Å². The lowest BCUT2D eigenvalue weighted by atomic mass is 10.3. The molecule has 0 aliphatic rings. The Bertz CT molecular complexity index is 636. The number of carboxylic acids is 1. The molecule has 2 rings (SSSR count). The molecule has 0 bridgehead atoms. The highest BCUT2D eigenvalue weighted by molar-refractivity contribution is 5.90. The van der Waals surface area contributed by atoms with Crippen molar-refractivity contribution < 1.29 is 14.6 Å². The molecule has 0 spiro atoms. The van der Waals surface area contributed by atoms with Crippen LogP contribution in [0.1, 0.15) is 10.5 Å². The van der Waals surface area contributed by atoms with Crippen molar-refractivity contribution in [3.8, 4) is 11.4 Å². The molecule has 0 amide bonds. The van der Waals surface area contributed by atoms with Gasteiger partial charge in [0.25, 0.3) is 0 Å². The van der Waals surface area contributed by atoms with Gasteiger partial charge in [0.2, 0.25) is 5.69 Å². The van der Waals surface area contributed by atoms with Gasteiger partial charge in [0, 0.05) is 12.6 Å². The van der Waals surface area contributed by atoms with Crippen molar-refractivity contribution in [3.05, 3.63) is 42.6 Å². The number of benzene rings is 1. The predicted octanol–water partition coefficient (Wildman–Crippen LogP) is 1.57. The number of nitrogens with zero attached hydrogens (tertiary/aromatic N) is 3. The first-order valence-corrected chi connectivity index (χ1v) is 5.85. The van der Waals surface area contributed by atoms with E-state index in [-0.39, 0.29) is 11.5 Å². The molecule has 0 saturated carbocycles. The molecule has 2 aromatic rings. The maximum Gasteiger partial charge on any atom is 0.360 e. The summed E-state index contributed by atoms with van der Waals surface area (Å²) in [5, 5.41) is 20.0. The Morgan fingerprint density at radius 2 is 2.35 bits per heavy atom. The number of ether oxygens (including phenoxy) is 1. The van der Waals surface area contributed by atoms with E-state index in [1.54, 1.807) is 37.5 Å². The summed E-state index contributed by atoms with van der Waals surface area (Å²) in [5.74, 6) is -0.316. The van der Waals surface area contributed by atoms with Gasteiger partial charge in [-0.05, 0) is 12.1 Å². The van der Waals surface area contributed by atoms with Crippen molar-refractivity contribution in [2.75, 3.05) is 19.0 Å². The Labute approximate surface area is 115 Å². The normalized spacial score (nSPS) is 10.1. The highest BCUT2D eigenvalue weighted by Gasteiger charge is 2.18. The van der Waals surface area contributed by atoms with Gasteiger partial charge in [-0.1, -0.05) is 12.1 Å². The minimum Gasteiger partial charge on any atom is -0.497 e. The summed E-state index contributed by atoms with van der Waals surface area (Å²) in [7, 11) is 1.55. The Morgan fingerprint density at radius 3 is 3.00 bits per heavy atom. The second-order valence-corrected chi connectivity index (χ2v) is 3.86. The third-order valence-electron chi connectivity index (χ3n) is 2.51. The van der Waals surface area contributed by atoms with Crippen LogP contribution >= 0.6 is 0 Å². The van der Waals surface area contributed by atoms with Crippen LogP contribution in [0.25, 0.3) is 5.69 Å². The first-order chi connectivity index (χ1) is 9.65. The van der Waals surface area contributed by atoms with Crippen LogP contribution in [0, 0.1) is 0 Å². The zero-order valence-corrected chi connectivity index (χ0v) is 10.9. The lowest BCUT2D eigenvalue weighted by Crippen LogP contribution is -2.05. The monoisotopic (exact) mass is 274 g/mol. The summed E-state index contributed by atoms with van der Waals surface area (Å²) in [5.41, 5.74) is 0.466. The van der Waals surface area contributed by atoms with E-state index in [2.05, 4.69) is 22.1 Å². The molecule has 0 unspecified atom stereocenters. The number of carbonyl (C=O) groups is 1. The van der Waals surface area contributed by atoms with Crippen LogP contribution in [0.3, 0.4) is 0 Å². The molecule has 0 fully saturated rings. The summed E-state index contributed by atoms with van der Waals surface area (Å²) in [6.45, 7) is 3.96. The molecule has 1 aromatic carbocycles. The minimum atomic E-state index is -1.15. The van der Waals surface area contributed by atoms with Crippen LogP contribution in [-0.2, 0) is 0 Å². The average Bonchev–Trinajstić information content (AvgIpc) is 2.89. The minimum absolute atomic E-state index is 0.144. The molecule has 2 N–H and O–H groups in total. The molecule has 1 heterocycles. The first-order valence-electron chi connectivity index (χ1n) is 5.85. The fourth-order valence-electron chi connectivity index (χ4n) is 1.59. The van der Waals surface area contributed by atoms with Crippen LogP contribution in [0.2, 0.25) is 0 Å². The third kappa shape index (κ3) is 2.77. The van der Waals surface area contributed by atoms with Crippen molar-refractivity contribution in [1.29, 1.82) is 0 Å². The number of aromatic carboxylic acids is 1. The number of anilines is 1. The van der Waals surface area contributed by atoms with Crippen molar-refractivity contribution in [1.82, 2.24) is 15.0 Å². The van der Waals surface area contributed by atoms with Crippen LogP contribution < -0.4 is 10.1 Å². The molecule has 104 valence electrons. The van der Waals surface area contributed by atoms with Crippen LogP contribution in [-0.4, -0.2) is 39.7 Å². The van der Waals surface area contributed by atoms with Gasteiger partial charge >= 0.3 is 5.97 Å². The smallest absolute Gasteiger partial charge is 0.360 e. The van der Waals surface area contributed by atoms with Crippen LogP contribution in [0.4, 0.5) is 5.82 Å². The molecule has 0 atom stereocenters. The summed E-state index contributed by atoms with van der Waals surface area (Å²) >= 11 is 0. The maximum atomic E-state index is 11.1. The second-order valence-electron chi connectivity index (χ2n) is 3.86. The summed E-state index contributed by atoms with van der Waals surface area (Å²) < 4.78 is 5.11. The summed E-state index contributed by atoms with van der Waals surface area (Å²) in [4.78, 5) is 12.4. The van der Waals surface area contributed by atoms with E-state index in [4.69, 9.17) is 9.84 Å². The molecule has 20 heavy (non-hydrogen) atoms. The summed E-state index contributed by atoms with van der Waals surface area (Å²) in [6, 6.07) is 7.02. The Hall–Kier alpha value is -2.83. The van der Waals surface area contributed by atoms with E-state index in [0.717, 1.165) is 0 Å². The molecule has 0 aliphatic heterocycles. The zero-order chi connectivity index (χ0) is 14.5. The number of hydrogen-bond donors (Lipinski definition) is 2. The first kappa shape index (κ1) is 13.6. The molecular weight excluding hydrogens is 260 g/mol. The molecule has 1 aromatic heterocycles. The fraction of sp³-hybridized carbons (Fsp3) is 0.154. The predicted molar refractivity (Wildman–Crippen MR) is 73.6 cm³/mol. The number of nitrogens with one attached hydrogen (secondary N) is 1. The second kappa shape index (κ2) is 5.87. The van der Waals surface area contributed by atoms with Crippen molar-refractivity contribution in [2.45, 2.75) is 0 Å². The average molecular weight is 274 g/mol. The number of carboxylic acid groups (broad SMARTS) is 1. The van der Waals surface area contributed by atoms with E-state index < -0.39 is 5.97 Å². The molecule has 7 nitrogen and oxygen atoms in total. The number of methoxy groups -OCH3 is 1. The SMILES string of the molecule is C=CCNc1nn(-c2cccc(OC)c2)nc1C(=O)O. The van der Waals surface area contributed by atoms with E-state index in [1.165, 1.54) is 4.80 Å². The molecule has 0 saturated heterocycles. The van der Waals surface area contributed by atoms with E-state index >= 15 is 0 Å². The van der Waals surface area contributed by atoms with Gasteiger partial charge in [0.15, 0.2) is 5.82 Å². The van der Waals surface area contributed by atoms with Gasteiger partial charge in [-0.3, -0.25) is 0 Å². The molecule has 0 radical (unpaired) electrons. The standard InChI is InChI=1S/C13H14N4O3/c1-3-7-14-12-11(13(18)19)15-17(16-12)9-5-4-6-10(8-9)20-2/h3-6,8H,1,7H2,2H3,(H,14,16)(H,18,19). The van der Waals surface area contributed by atoms with E-state index in [9.17, 15) is 4.79 Å². The van der Waals surface area contributed by atoms with Crippen LogP contribution in [0.5, 0.6) is 5.75 Å². The fourth-order valence-corrected chi connectivity index (χ4v) is 1.59. The Kier molecular flexibility index (Phi) is 3.99. The number of hydrogen-bond acceptors (Lipinski definition) is 5. The van der Waals surface area contributed by atoms with Crippen LogP contribution in [0.15, 0.2) is 36.9 Å². The van der Waals surface area contributed by atoms with Crippen molar-refractivity contribution in [2.24, 2.45) is 0 Å². The molecule has 0 aliphatic carbocycles. The quantitative estimate of drug-likeness (QED) is 0.777. The summed E-state index contributed by atoms with van der Waals surface area (Å²) in [6.07, 6.45) is 1.61. The highest BCUT2D eigenvalue weighted by Crippen LogP contribution is 2.17. The Morgan fingerprint density at radius 1 is 1.55 bits per heavy atom. The van der Waals surface area contributed by atoms with E-state index in [0.29, 0.717) is 18.0 Å². The van der Waals surface area contributed by atoms with Gasteiger partial charge in [-0.2, -0.15) is 0 Å². The van der Waals surface area contributed by atoms with Gasteiger partial charge in [0.1, 0.15) is 5.75 Å². The number of rotatable bonds is 6. The Balaban J connectivity index is 2.41. The molecule has 7 heteroatoms. The number of aromatic nitrogens is 3. The topological polar surface area (TPSA) is 89.3 Å². The largest absolute Gasteiger partial charge is 0.497 e. The van der Waals surface area contributed by atoms with Gasteiger partial charge in [-0.15, -0.1) is 21.6 Å². The lowest BCUT2D eigenvalue weighted by Gasteiger charge is -2.02. The maximum absolute atomic E-state index is 11.1. The van der Waals surface area contributed by atoms with Gasteiger partial charge < -0.3 is 15.2 Å². The van der Waals surface area contributed by atoms with Gasteiger partial charge in [-0.25, -0.2) is 4.79 Å². The third-order valence-corrected chi connectivity index (χ3v) is 2.51. The molecular formula is C13H14N4O3. The zero-order valence-electron chi connectivity index (χ0n) is 10.9. The van der Waals surface area contributed by atoms with E-state index in [1.807, 2.05) is 0 Å². The van der Waals surface area contributed by atoms with Crippen molar-refractivity contribution >= 4 is 11.8 Å². The lowest BCUT2D eigenvalue weighted by molar-refractivity contribution is 0.0691.